The maximum absolute atomic E-state index is 11.7. The second-order valence-electron chi connectivity index (χ2n) is 24.2. The second-order valence-corrected chi connectivity index (χ2v) is 25.2. The van der Waals surface area contributed by atoms with Crippen molar-refractivity contribution in [3.8, 4) is 17.2 Å². The van der Waals surface area contributed by atoms with Gasteiger partial charge < -0.3 is 38.3 Å². The molecule has 0 amide bonds. The van der Waals surface area contributed by atoms with Crippen molar-refractivity contribution in [2.45, 2.75) is 73.5 Å². The van der Waals surface area contributed by atoms with E-state index in [9.17, 15) is 24.0 Å². The molecular formula is C78H84IN15O13. The van der Waals surface area contributed by atoms with Crippen LogP contribution in [0.25, 0.3) is 61.2 Å². The molecule has 107 heavy (non-hydrogen) atoms. The van der Waals surface area contributed by atoms with E-state index < -0.39 is 11.9 Å². The van der Waals surface area contributed by atoms with Crippen LogP contribution in [0, 0.1) is 21.5 Å². The van der Waals surface area contributed by atoms with Gasteiger partial charge in [-0.05, 0) is 156 Å². The molecule has 3 N–H and O–H groups in total. The lowest BCUT2D eigenvalue weighted by atomic mass is 10.0. The molecule has 556 valence electrons. The topological polar surface area (TPSA) is 345 Å². The number of nitrogens with one attached hydrogen (secondary N) is 2. The Labute approximate surface area is 630 Å². The molecule has 3 aromatic carbocycles. The molecule has 3 atom stereocenters. The van der Waals surface area contributed by atoms with E-state index in [1.54, 1.807) is 79.2 Å². The molecule has 3 unspecified atom stereocenters. The van der Waals surface area contributed by atoms with Crippen LogP contribution in [-0.2, 0) is 81.8 Å². The number of rotatable bonds is 21. The van der Waals surface area contributed by atoms with Gasteiger partial charge in [-0.1, -0.05) is 63.7 Å². The number of benzene rings is 3. The third-order valence-corrected chi connectivity index (χ3v) is 17.2. The van der Waals surface area contributed by atoms with Crippen LogP contribution in [0.5, 0.6) is 17.2 Å². The van der Waals surface area contributed by atoms with Gasteiger partial charge in [-0.25, -0.2) is 48.6 Å². The molecule has 0 saturated heterocycles. The SMILES string of the molecule is C=C(C)C(=O)OC.CC(Cc1[nH]nc2ncccc12)C(=O)O.COC(=O)C(C)=Cc1nn(Cc2ccc(OC)cc2)c2ncccc12.COC(=O)C(C)Cc1[nH]nc2ncccc12.COC(=O)C(C)Cc1nn(Cc2ccc(OC)cc2)c2ncccc12.COc1ccc(Cn2nc(I)c3cccnc32)cc1. The first kappa shape index (κ1) is 80.4. The molecule has 0 aliphatic heterocycles. The molecule has 0 radical (unpaired) electrons. The number of ether oxygens (including phenoxy) is 7. The Morgan fingerprint density at radius 1 is 0.467 bits per heavy atom. The number of carboxylic acid groups (broad SMARTS) is 1. The number of pyridine rings is 5. The molecule has 10 heterocycles. The number of carbonyl (C=O) groups excluding carboxylic acids is 4. The summed E-state index contributed by atoms with van der Waals surface area (Å²) in [6, 6.07) is 42.8. The number of H-pyrrole nitrogens is 2. The summed E-state index contributed by atoms with van der Waals surface area (Å²) < 4.78 is 40.7. The molecule has 10 aromatic heterocycles. The molecule has 0 fully saturated rings. The monoisotopic (exact) mass is 1570 g/mol. The van der Waals surface area contributed by atoms with Crippen LogP contribution in [0.15, 0.2) is 182 Å². The van der Waals surface area contributed by atoms with Crippen LogP contribution < -0.4 is 14.2 Å². The van der Waals surface area contributed by atoms with E-state index in [0.717, 1.165) is 93.0 Å². The summed E-state index contributed by atoms with van der Waals surface area (Å²) in [6.07, 6.45) is 11.9. The van der Waals surface area contributed by atoms with Crippen molar-refractivity contribution in [1.82, 2.24) is 74.7 Å². The van der Waals surface area contributed by atoms with Crippen LogP contribution in [0.2, 0.25) is 0 Å². The standard InChI is InChI=1S/C19H21N3O3.C19H19N3O3.C14H12IN3O.C11H13N3O2.C10H11N3O2.C5H8O2/c2*1-13(19(23)25-3)11-17-16-5-4-10-20-18(16)22(21-17)12-14-6-8-15(24-2)9-7-14;1-19-11-6-4-10(5-7-11)9-18-14-12(13(15)17-18)3-2-8-16-14;1-7(11(15)16-2)6-9-8-4-3-5-12-10(8)14-13-9;1-6(10(14)15)5-8-7-3-2-4-11-9(7)13-12-8;1-4(2)5(6)7-3/h4-10,13H,11-12H2,1-3H3;4-11H,12H2,1-3H3;2-8H,9H2,1H3;3-5,7H,6H2,1-2H3,(H,12,13,14);2-4,6H,5H2,1H3,(H,14,15)(H,11,12,13);1H2,2-3H3. The quantitative estimate of drug-likeness (QED) is 0.0260. The molecule has 13 rings (SSSR count). The van der Waals surface area contributed by atoms with Crippen molar-refractivity contribution in [3.05, 3.63) is 225 Å². The number of aromatic amines is 2. The van der Waals surface area contributed by atoms with Crippen LogP contribution in [0.3, 0.4) is 0 Å². The highest BCUT2D eigenvalue weighted by Gasteiger charge is 2.22. The van der Waals surface area contributed by atoms with Crippen molar-refractivity contribution in [1.29, 1.82) is 0 Å². The van der Waals surface area contributed by atoms with Crippen LogP contribution in [-0.4, -0.2) is 159 Å². The summed E-state index contributed by atoms with van der Waals surface area (Å²) >= 11 is 2.24. The third-order valence-electron chi connectivity index (χ3n) is 16.4. The van der Waals surface area contributed by atoms with Crippen molar-refractivity contribution in [3.63, 3.8) is 0 Å². The Hall–Kier alpha value is -12.3. The Bertz CT molecular complexity index is 5170. The molecule has 13 aromatic rings. The van der Waals surface area contributed by atoms with Gasteiger partial charge in [0.15, 0.2) is 28.2 Å². The van der Waals surface area contributed by atoms with E-state index in [2.05, 4.69) is 94.2 Å². The summed E-state index contributed by atoms with van der Waals surface area (Å²) in [5.74, 6) is -0.344. The predicted octanol–water partition coefficient (Wildman–Crippen LogP) is 12.3. The van der Waals surface area contributed by atoms with Gasteiger partial charge in [0.05, 0.1) is 104 Å². The molecular weight excluding hydrogens is 1480 g/mol. The predicted molar refractivity (Wildman–Crippen MR) is 412 cm³/mol. The summed E-state index contributed by atoms with van der Waals surface area (Å²) in [5, 5.41) is 41.3. The average molecular weight is 1570 g/mol. The largest absolute Gasteiger partial charge is 0.497 e. The minimum Gasteiger partial charge on any atom is -0.497 e. The first-order chi connectivity index (χ1) is 51.6. The number of methoxy groups -OCH3 is 7. The number of aliphatic carboxylic acids is 1. The van der Waals surface area contributed by atoms with Gasteiger partial charge in [0.2, 0.25) is 0 Å². The van der Waals surface area contributed by atoms with Gasteiger partial charge in [-0.2, -0.15) is 25.5 Å². The van der Waals surface area contributed by atoms with Crippen molar-refractivity contribution in [2.24, 2.45) is 17.8 Å². The molecule has 0 bridgehead atoms. The summed E-state index contributed by atoms with van der Waals surface area (Å²) in [6.45, 7) is 13.9. The van der Waals surface area contributed by atoms with Crippen molar-refractivity contribution in [2.75, 3.05) is 49.8 Å². The fraction of sp³-hybridized carbons (Fsp3) is 0.269. The molecule has 29 heteroatoms. The maximum atomic E-state index is 11.7. The highest BCUT2D eigenvalue weighted by atomic mass is 127. The minimum atomic E-state index is -0.804. The molecule has 0 spiro atoms. The van der Waals surface area contributed by atoms with E-state index in [1.807, 2.05) is 161 Å². The second kappa shape index (κ2) is 39.6. The van der Waals surface area contributed by atoms with Crippen molar-refractivity contribution < 1.29 is 62.2 Å². The number of carbonyl (C=O) groups is 5. The number of hydrogen-bond donors (Lipinski definition) is 3. The van der Waals surface area contributed by atoms with E-state index in [0.29, 0.717) is 67.0 Å². The number of esters is 4. The number of halogens is 1. The fourth-order valence-electron chi connectivity index (χ4n) is 10.7. The highest BCUT2D eigenvalue weighted by molar-refractivity contribution is 14.1. The number of carboxylic acids is 1. The zero-order valence-electron chi connectivity index (χ0n) is 61.4. The van der Waals surface area contributed by atoms with Gasteiger partial charge in [0.25, 0.3) is 0 Å². The van der Waals surface area contributed by atoms with Crippen molar-refractivity contribution >= 4 is 114 Å². The van der Waals surface area contributed by atoms with Gasteiger partial charge in [-0.15, -0.1) is 0 Å². The summed E-state index contributed by atoms with van der Waals surface area (Å²) in [5.41, 5.74) is 11.4. The third kappa shape index (κ3) is 22.1. The van der Waals surface area contributed by atoms with Gasteiger partial charge in [-0.3, -0.25) is 24.6 Å². The lowest BCUT2D eigenvalue weighted by molar-refractivity contribution is -0.145. The molecule has 0 aliphatic carbocycles. The normalized spacial score (nSPS) is 11.7. The van der Waals surface area contributed by atoms with E-state index >= 15 is 0 Å². The fourth-order valence-corrected chi connectivity index (χ4v) is 11.3. The van der Waals surface area contributed by atoms with Crippen LogP contribution in [0.1, 0.15) is 74.1 Å². The lowest BCUT2D eigenvalue weighted by Gasteiger charge is -2.07. The zero-order chi connectivity index (χ0) is 77.1. The first-order valence-electron chi connectivity index (χ1n) is 33.5. The Morgan fingerprint density at radius 2 is 0.841 bits per heavy atom. The average Bonchev–Trinajstić information content (AvgIpc) is 1.63. The summed E-state index contributed by atoms with van der Waals surface area (Å²) in [4.78, 5) is 77.1. The number of hydrogen-bond acceptors (Lipinski definition) is 22. The number of nitrogens with zero attached hydrogens (tertiary/aromatic N) is 13. The van der Waals surface area contributed by atoms with Gasteiger partial charge in [0.1, 0.15) is 20.9 Å². The number of aromatic nitrogens is 15. The van der Waals surface area contributed by atoms with Crippen LogP contribution in [0.4, 0.5) is 0 Å². The maximum Gasteiger partial charge on any atom is 0.333 e. The van der Waals surface area contributed by atoms with E-state index in [4.69, 9.17) is 33.9 Å². The van der Waals surface area contributed by atoms with Gasteiger partial charge in [0, 0.05) is 94.3 Å². The smallest absolute Gasteiger partial charge is 0.333 e. The molecule has 0 aliphatic rings. The zero-order valence-corrected chi connectivity index (χ0v) is 63.5. The van der Waals surface area contributed by atoms with E-state index in [1.165, 1.54) is 34.0 Å². The molecule has 28 nitrogen and oxygen atoms in total. The van der Waals surface area contributed by atoms with Gasteiger partial charge >= 0.3 is 29.8 Å². The summed E-state index contributed by atoms with van der Waals surface area (Å²) in [7, 11) is 10.4. The lowest BCUT2D eigenvalue weighted by Crippen LogP contribution is -2.15. The minimum absolute atomic E-state index is 0.186. The first-order valence-corrected chi connectivity index (χ1v) is 34.6. The number of fused-ring (bicyclic) bond motifs is 5. The molecule has 0 saturated carbocycles. The Balaban J connectivity index is 0.000000167. The van der Waals surface area contributed by atoms with Crippen LogP contribution >= 0.6 is 22.6 Å². The Morgan fingerprint density at radius 3 is 1.25 bits per heavy atom. The van der Waals surface area contributed by atoms with E-state index in [-0.39, 0.29) is 35.7 Å². The highest BCUT2D eigenvalue weighted by Crippen LogP contribution is 2.26. The Kier molecular flexibility index (Phi) is 29.7.